The molecular weight excluding hydrogens is 466 g/mol. The molecule has 5 rings (SSSR count). The Bertz CT molecular complexity index is 1140. The summed E-state index contributed by atoms with van der Waals surface area (Å²) in [6, 6.07) is 12.6. The van der Waals surface area contributed by atoms with Crippen molar-refractivity contribution in [2.75, 3.05) is 43.4 Å². The van der Waals surface area contributed by atoms with Crippen molar-refractivity contribution in [2.24, 2.45) is 4.99 Å². The number of rotatable bonds is 7. The molecule has 2 fully saturated rings. The number of carbonyl (C=O) groups is 2. The number of aliphatic imine (C=N–C) groups is 1. The van der Waals surface area contributed by atoms with E-state index >= 15 is 0 Å². The number of hydrogen-bond acceptors (Lipinski definition) is 7. The minimum atomic E-state index is -0.988. The van der Waals surface area contributed by atoms with E-state index < -0.39 is 11.6 Å². The number of aromatic carboxylic acids is 1. The number of anilines is 1. The van der Waals surface area contributed by atoms with Crippen LogP contribution in [-0.4, -0.2) is 71.3 Å². The molecule has 35 heavy (non-hydrogen) atoms. The minimum Gasteiger partial charge on any atom is -0.494 e. The second-order valence-corrected chi connectivity index (χ2v) is 10.1. The Kier molecular flexibility index (Phi) is 6.71. The largest absolute Gasteiger partial charge is 0.494 e. The summed E-state index contributed by atoms with van der Waals surface area (Å²) in [6.07, 6.45) is 1.13. The monoisotopic (exact) mass is 495 g/mol. The first-order valence-electron chi connectivity index (χ1n) is 12.0. The van der Waals surface area contributed by atoms with Gasteiger partial charge in [-0.15, -0.1) is 11.8 Å². The van der Waals surface area contributed by atoms with Crippen LogP contribution in [0.15, 0.2) is 47.5 Å². The normalized spacial score (nSPS) is 19.6. The lowest BCUT2D eigenvalue weighted by Crippen LogP contribution is -2.46. The first-order valence-corrected chi connectivity index (χ1v) is 12.9. The van der Waals surface area contributed by atoms with Crippen molar-refractivity contribution in [2.45, 2.75) is 31.9 Å². The van der Waals surface area contributed by atoms with Gasteiger partial charge in [0.05, 0.1) is 23.8 Å². The summed E-state index contributed by atoms with van der Waals surface area (Å²) in [5.74, 6) is 0.908. The van der Waals surface area contributed by atoms with Gasteiger partial charge in [-0.2, -0.15) is 0 Å². The number of hydrogen-bond donors (Lipinski definition) is 1. The lowest BCUT2D eigenvalue weighted by molar-refractivity contribution is -0.00100. The van der Waals surface area contributed by atoms with Crippen LogP contribution < -0.4 is 9.64 Å². The van der Waals surface area contributed by atoms with E-state index in [1.807, 2.05) is 13.0 Å². The standard InChI is InChI=1S/C26H29N3O5S/c1-2-33-21-7-8-22(23-27-11-14-35-23)19(15-21)16-28-12-9-26(10-13-28)17-29(25(32)34-26)20-5-3-18(4-6-20)24(30)31/h3-8,15H,2,9-14,16-17H2,1H3,(H,30,31). The fourth-order valence-corrected chi connectivity index (χ4v) is 5.80. The van der Waals surface area contributed by atoms with Crippen LogP contribution in [0.3, 0.4) is 0 Å². The van der Waals surface area contributed by atoms with Gasteiger partial charge < -0.3 is 14.6 Å². The number of benzene rings is 2. The molecule has 1 spiro atoms. The van der Waals surface area contributed by atoms with Crippen LogP contribution in [0.5, 0.6) is 5.75 Å². The predicted molar refractivity (Wildman–Crippen MR) is 136 cm³/mol. The van der Waals surface area contributed by atoms with Gasteiger partial charge in [-0.25, -0.2) is 9.59 Å². The molecule has 8 nitrogen and oxygen atoms in total. The van der Waals surface area contributed by atoms with Crippen LogP contribution >= 0.6 is 11.8 Å². The molecule has 3 aliphatic rings. The Hall–Kier alpha value is -3.04. The van der Waals surface area contributed by atoms with Gasteiger partial charge in [0.25, 0.3) is 0 Å². The number of nitrogens with zero attached hydrogens (tertiary/aromatic N) is 3. The lowest BCUT2D eigenvalue weighted by atomic mass is 9.90. The Morgan fingerprint density at radius 1 is 1.20 bits per heavy atom. The molecule has 0 radical (unpaired) electrons. The lowest BCUT2D eigenvalue weighted by Gasteiger charge is -2.37. The zero-order valence-electron chi connectivity index (χ0n) is 19.7. The molecule has 1 amide bonds. The first-order chi connectivity index (χ1) is 17.0. The molecule has 0 saturated carbocycles. The summed E-state index contributed by atoms with van der Waals surface area (Å²) in [4.78, 5) is 32.5. The molecule has 2 saturated heterocycles. The number of thioether (sulfide) groups is 1. The van der Waals surface area contributed by atoms with Crippen LogP contribution in [0, 0.1) is 0 Å². The molecule has 2 aromatic carbocycles. The minimum absolute atomic E-state index is 0.194. The smallest absolute Gasteiger partial charge is 0.415 e. The molecule has 0 atom stereocenters. The third-order valence-electron chi connectivity index (χ3n) is 6.76. The van der Waals surface area contributed by atoms with Crippen molar-refractivity contribution in [3.05, 3.63) is 59.2 Å². The van der Waals surface area contributed by atoms with E-state index in [1.165, 1.54) is 23.3 Å². The quantitative estimate of drug-likeness (QED) is 0.613. The summed E-state index contributed by atoms with van der Waals surface area (Å²) < 4.78 is 11.6. The third kappa shape index (κ3) is 5.01. The maximum absolute atomic E-state index is 12.7. The maximum Gasteiger partial charge on any atom is 0.415 e. The van der Waals surface area contributed by atoms with E-state index in [0.29, 0.717) is 18.8 Å². The number of ether oxygens (including phenoxy) is 2. The van der Waals surface area contributed by atoms with E-state index in [2.05, 4.69) is 22.0 Å². The average Bonchev–Trinajstić information content (AvgIpc) is 3.50. The van der Waals surface area contributed by atoms with Crippen LogP contribution in [0.2, 0.25) is 0 Å². The molecule has 3 aliphatic heterocycles. The Morgan fingerprint density at radius 3 is 2.63 bits per heavy atom. The molecule has 1 N–H and O–H groups in total. The van der Waals surface area contributed by atoms with Gasteiger partial charge in [-0.3, -0.25) is 14.8 Å². The van der Waals surface area contributed by atoms with Gasteiger partial charge in [-0.05, 0) is 55.0 Å². The molecule has 0 aliphatic carbocycles. The molecule has 0 bridgehead atoms. The van der Waals surface area contributed by atoms with Crippen molar-refractivity contribution in [3.63, 3.8) is 0 Å². The van der Waals surface area contributed by atoms with Crippen molar-refractivity contribution in [1.29, 1.82) is 0 Å². The van der Waals surface area contributed by atoms with Crippen molar-refractivity contribution in [3.8, 4) is 5.75 Å². The van der Waals surface area contributed by atoms with Crippen molar-refractivity contribution in [1.82, 2.24) is 4.90 Å². The molecule has 2 aromatic rings. The second-order valence-electron chi connectivity index (χ2n) is 9.05. The SMILES string of the molecule is CCOc1ccc(C2=NCCS2)c(CN2CCC3(CC2)CN(c2ccc(C(=O)O)cc2)C(=O)O3)c1. The highest BCUT2D eigenvalue weighted by atomic mass is 32.2. The Balaban J connectivity index is 1.26. The van der Waals surface area contributed by atoms with Crippen LogP contribution in [0.4, 0.5) is 10.5 Å². The van der Waals surface area contributed by atoms with E-state index in [4.69, 9.17) is 14.6 Å². The number of carboxylic acid groups (broad SMARTS) is 1. The molecule has 9 heteroatoms. The first kappa shape index (κ1) is 23.7. The molecule has 0 unspecified atom stereocenters. The summed E-state index contributed by atoms with van der Waals surface area (Å²) in [5.41, 5.74) is 2.73. The zero-order chi connectivity index (χ0) is 24.4. The van der Waals surface area contributed by atoms with E-state index in [9.17, 15) is 9.59 Å². The highest BCUT2D eigenvalue weighted by Crippen LogP contribution is 2.36. The highest BCUT2D eigenvalue weighted by Gasteiger charge is 2.47. The molecule has 3 heterocycles. The second kappa shape index (κ2) is 9.91. The molecule has 0 aromatic heterocycles. The van der Waals surface area contributed by atoms with Crippen molar-refractivity contribution >= 4 is 34.6 Å². The van der Waals surface area contributed by atoms with E-state index in [-0.39, 0.29) is 11.7 Å². The summed E-state index contributed by atoms with van der Waals surface area (Å²) >= 11 is 1.80. The van der Waals surface area contributed by atoms with Crippen LogP contribution in [0.1, 0.15) is 41.3 Å². The summed E-state index contributed by atoms with van der Waals surface area (Å²) in [6.45, 7) is 6.38. The zero-order valence-corrected chi connectivity index (χ0v) is 20.6. The summed E-state index contributed by atoms with van der Waals surface area (Å²) in [5, 5.41) is 10.2. The molecular formula is C26H29N3O5S. The predicted octanol–water partition coefficient (Wildman–Crippen LogP) is 4.27. The number of carboxylic acids is 1. The van der Waals surface area contributed by atoms with E-state index in [0.717, 1.165) is 55.6 Å². The number of piperidine rings is 1. The Morgan fingerprint density at radius 2 is 1.97 bits per heavy atom. The average molecular weight is 496 g/mol. The molecule has 184 valence electrons. The van der Waals surface area contributed by atoms with Crippen molar-refractivity contribution < 1.29 is 24.2 Å². The van der Waals surface area contributed by atoms with Gasteiger partial charge in [0, 0.05) is 56.0 Å². The number of likely N-dealkylation sites (tertiary alicyclic amines) is 1. The van der Waals surface area contributed by atoms with Gasteiger partial charge >= 0.3 is 12.1 Å². The summed E-state index contributed by atoms with van der Waals surface area (Å²) in [7, 11) is 0. The topological polar surface area (TPSA) is 91.7 Å². The fraction of sp³-hybridized carbons (Fsp3) is 0.423. The number of carbonyl (C=O) groups excluding carboxylic acids is 1. The maximum atomic E-state index is 12.7. The van der Waals surface area contributed by atoms with Crippen LogP contribution in [-0.2, 0) is 11.3 Å². The fourth-order valence-electron chi connectivity index (χ4n) is 4.89. The van der Waals surface area contributed by atoms with Gasteiger partial charge in [0.1, 0.15) is 11.4 Å². The van der Waals surface area contributed by atoms with E-state index in [1.54, 1.807) is 28.8 Å². The highest BCUT2D eigenvalue weighted by molar-refractivity contribution is 8.14. The third-order valence-corrected chi connectivity index (χ3v) is 7.77. The number of amides is 1. The van der Waals surface area contributed by atoms with Gasteiger partial charge in [-0.1, -0.05) is 0 Å². The van der Waals surface area contributed by atoms with Gasteiger partial charge in [0.15, 0.2) is 0 Å². The van der Waals surface area contributed by atoms with Crippen LogP contribution in [0.25, 0.3) is 0 Å². The van der Waals surface area contributed by atoms with Gasteiger partial charge in [0.2, 0.25) is 0 Å². The Labute approximate surface area is 208 Å².